The van der Waals surface area contributed by atoms with Crippen LogP contribution in [0.15, 0.2) is 41.3 Å². The number of Topliss-reactive ketones (excluding diaryl/α,β-unsaturated/α-hetero) is 1. The van der Waals surface area contributed by atoms with Crippen molar-refractivity contribution in [3.05, 3.63) is 47.5 Å². The first kappa shape index (κ1) is 21.7. The van der Waals surface area contributed by atoms with Gasteiger partial charge in [0.25, 0.3) is 0 Å². The summed E-state index contributed by atoms with van der Waals surface area (Å²) in [5, 5.41) is 7.98. The number of hydrogen-bond donors (Lipinski definition) is 0. The summed E-state index contributed by atoms with van der Waals surface area (Å²) in [5.41, 5.74) is 2.11. The second-order valence-corrected chi connectivity index (χ2v) is 8.50. The number of hydrogen-bond acceptors (Lipinski definition) is 7. The molecule has 0 N–H and O–H groups in total. The zero-order valence-electron chi connectivity index (χ0n) is 17.3. The molecule has 0 aliphatic carbocycles. The Labute approximate surface area is 175 Å². The van der Waals surface area contributed by atoms with Crippen molar-refractivity contribution in [2.24, 2.45) is 0 Å². The number of fused-ring (bicyclic) bond motifs is 1. The smallest absolute Gasteiger partial charge is 0.243 e. The van der Waals surface area contributed by atoms with Gasteiger partial charge in [0.05, 0.1) is 12.0 Å². The van der Waals surface area contributed by atoms with Crippen molar-refractivity contribution in [2.45, 2.75) is 32.3 Å². The summed E-state index contributed by atoms with van der Waals surface area (Å²) >= 11 is 0. The Morgan fingerprint density at radius 2 is 1.87 bits per heavy atom. The molecule has 160 valence electrons. The summed E-state index contributed by atoms with van der Waals surface area (Å²) in [4.78, 5) is 18.7. The van der Waals surface area contributed by atoms with Crippen molar-refractivity contribution in [1.29, 1.82) is 0 Å². The van der Waals surface area contributed by atoms with Gasteiger partial charge in [0.2, 0.25) is 10.0 Å². The Morgan fingerprint density at radius 1 is 1.13 bits per heavy atom. The van der Waals surface area contributed by atoms with E-state index < -0.39 is 10.0 Å². The molecule has 0 amide bonds. The molecule has 0 aliphatic heterocycles. The van der Waals surface area contributed by atoms with Crippen LogP contribution in [0.2, 0.25) is 0 Å². The van der Waals surface area contributed by atoms with Gasteiger partial charge in [-0.15, -0.1) is 5.10 Å². The highest BCUT2D eigenvalue weighted by Crippen LogP contribution is 2.23. The summed E-state index contributed by atoms with van der Waals surface area (Å²) < 4.78 is 32.4. The van der Waals surface area contributed by atoms with E-state index in [0.717, 1.165) is 0 Å². The fourth-order valence-corrected chi connectivity index (χ4v) is 4.57. The molecular weight excluding hydrogens is 408 g/mol. The third-order valence-electron chi connectivity index (χ3n) is 4.76. The largest absolute Gasteiger partial charge is 0.496 e. The van der Waals surface area contributed by atoms with Crippen LogP contribution in [-0.4, -0.2) is 53.9 Å². The second kappa shape index (κ2) is 8.80. The number of ketones is 1. The molecule has 0 saturated heterocycles. The van der Waals surface area contributed by atoms with E-state index >= 15 is 0 Å². The number of aromatic nitrogens is 3. The summed E-state index contributed by atoms with van der Waals surface area (Å²) in [6, 6.07) is 9.66. The molecule has 2 aromatic carbocycles. The minimum absolute atomic E-state index is 0.0514. The predicted octanol–water partition coefficient (Wildman–Crippen LogP) is 2.30. The molecule has 0 atom stereocenters. The Kier molecular flexibility index (Phi) is 6.37. The van der Waals surface area contributed by atoms with Gasteiger partial charge >= 0.3 is 0 Å². The minimum Gasteiger partial charge on any atom is -0.496 e. The molecule has 30 heavy (non-hydrogen) atoms. The van der Waals surface area contributed by atoms with Crippen molar-refractivity contribution >= 4 is 26.8 Å². The lowest BCUT2D eigenvalue weighted by Gasteiger charge is -2.18. The van der Waals surface area contributed by atoms with Crippen LogP contribution >= 0.6 is 0 Å². The van der Waals surface area contributed by atoms with Gasteiger partial charge in [-0.25, -0.2) is 8.42 Å². The molecule has 0 fully saturated rings. The van der Waals surface area contributed by atoms with Crippen molar-refractivity contribution in [3.8, 4) is 5.75 Å². The van der Waals surface area contributed by atoms with E-state index in [1.54, 1.807) is 38.1 Å². The van der Waals surface area contributed by atoms with Crippen LogP contribution < -0.4 is 9.57 Å². The molecular formula is C20H24N4O5S. The van der Waals surface area contributed by atoms with Gasteiger partial charge in [0, 0.05) is 24.2 Å². The van der Waals surface area contributed by atoms with Crippen molar-refractivity contribution in [3.63, 3.8) is 0 Å². The molecule has 3 aromatic rings. The van der Waals surface area contributed by atoms with Gasteiger partial charge in [0.15, 0.2) is 5.78 Å². The van der Waals surface area contributed by atoms with Crippen LogP contribution in [-0.2, 0) is 16.6 Å². The van der Waals surface area contributed by atoms with Crippen LogP contribution in [0.1, 0.15) is 36.7 Å². The van der Waals surface area contributed by atoms with Gasteiger partial charge in [0.1, 0.15) is 23.4 Å². The Balaban J connectivity index is 1.93. The molecule has 0 unspecified atom stereocenters. The average Bonchev–Trinajstić information content (AvgIpc) is 3.14. The summed E-state index contributed by atoms with van der Waals surface area (Å²) in [5.74, 6) is 0.491. The number of benzene rings is 2. The number of carbonyl (C=O) groups excluding carboxylic acids is 1. The van der Waals surface area contributed by atoms with Crippen LogP contribution in [0, 0.1) is 0 Å². The third-order valence-corrected chi connectivity index (χ3v) is 6.80. The fraction of sp³-hybridized carbons (Fsp3) is 0.350. The SMILES string of the molecule is CCN(CC)S(=O)(=O)c1ccc2nnn(OCc3cc(C(C)=O)ccc3OC)c2c1. The van der Waals surface area contributed by atoms with Crippen LogP contribution in [0.25, 0.3) is 11.0 Å². The summed E-state index contributed by atoms with van der Waals surface area (Å²) in [6.07, 6.45) is 0. The van der Waals surface area contributed by atoms with E-state index in [-0.39, 0.29) is 17.3 Å². The number of ether oxygens (including phenoxy) is 1. The Morgan fingerprint density at radius 3 is 2.50 bits per heavy atom. The van der Waals surface area contributed by atoms with Crippen molar-refractivity contribution < 1.29 is 22.8 Å². The quantitative estimate of drug-likeness (QED) is 0.478. The maximum absolute atomic E-state index is 12.8. The topological polar surface area (TPSA) is 104 Å². The molecule has 0 bridgehead atoms. The third kappa shape index (κ3) is 4.14. The standard InChI is InChI=1S/C20H24N4O5S/c1-5-23(6-2)30(26,27)17-8-9-18-19(12-17)24(22-21-18)29-13-16-11-15(14(3)25)7-10-20(16)28-4/h7-12H,5-6,13H2,1-4H3. The molecule has 0 saturated carbocycles. The second-order valence-electron chi connectivity index (χ2n) is 6.56. The first-order chi connectivity index (χ1) is 14.3. The molecule has 10 heteroatoms. The number of rotatable bonds is 9. The normalized spacial score (nSPS) is 11.8. The molecule has 1 heterocycles. The van der Waals surface area contributed by atoms with Gasteiger partial charge in [-0.05, 0) is 48.5 Å². The zero-order valence-corrected chi connectivity index (χ0v) is 18.1. The summed E-state index contributed by atoms with van der Waals surface area (Å²) in [6.45, 7) is 5.85. The zero-order chi connectivity index (χ0) is 21.9. The van der Waals surface area contributed by atoms with Crippen molar-refractivity contribution in [2.75, 3.05) is 20.2 Å². The number of methoxy groups -OCH3 is 1. The van der Waals surface area contributed by atoms with Gasteiger partial charge < -0.3 is 9.57 Å². The van der Waals surface area contributed by atoms with Crippen LogP contribution in [0.3, 0.4) is 0 Å². The average molecular weight is 433 g/mol. The number of carbonyl (C=O) groups is 1. The van der Waals surface area contributed by atoms with Crippen LogP contribution in [0.4, 0.5) is 0 Å². The van der Waals surface area contributed by atoms with E-state index in [0.29, 0.717) is 41.0 Å². The molecule has 0 aliphatic rings. The first-order valence-corrected chi connectivity index (χ1v) is 10.9. The number of sulfonamides is 1. The lowest BCUT2D eigenvalue weighted by atomic mass is 10.1. The molecule has 0 spiro atoms. The Bertz CT molecular complexity index is 1170. The highest BCUT2D eigenvalue weighted by Gasteiger charge is 2.23. The van der Waals surface area contributed by atoms with E-state index in [2.05, 4.69) is 10.3 Å². The first-order valence-electron chi connectivity index (χ1n) is 9.48. The van der Waals surface area contributed by atoms with Gasteiger partial charge in [-0.1, -0.05) is 18.7 Å². The summed E-state index contributed by atoms with van der Waals surface area (Å²) in [7, 11) is -2.10. The van der Waals surface area contributed by atoms with Crippen LogP contribution in [0.5, 0.6) is 5.75 Å². The van der Waals surface area contributed by atoms with E-state index in [9.17, 15) is 13.2 Å². The highest BCUT2D eigenvalue weighted by molar-refractivity contribution is 7.89. The fourth-order valence-electron chi connectivity index (χ4n) is 3.09. The van der Waals surface area contributed by atoms with Crippen molar-refractivity contribution in [1.82, 2.24) is 19.5 Å². The lowest BCUT2D eigenvalue weighted by molar-refractivity contribution is 0.0738. The maximum Gasteiger partial charge on any atom is 0.243 e. The highest BCUT2D eigenvalue weighted by atomic mass is 32.2. The predicted molar refractivity (Wildman–Crippen MR) is 111 cm³/mol. The lowest BCUT2D eigenvalue weighted by Crippen LogP contribution is -2.30. The molecule has 9 nitrogen and oxygen atoms in total. The van der Waals surface area contributed by atoms with E-state index in [4.69, 9.17) is 9.57 Å². The molecule has 1 aromatic heterocycles. The Hall–Kier alpha value is -2.98. The van der Waals surface area contributed by atoms with E-state index in [1.807, 2.05) is 0 Å². The van der Waals surface area contributed by atoms with Gasteiger partial charge in [-0.3, -0.25) is 4.79 Å². The molecule has 3 rings (SSSR count). The monoisotopic (exact) mass is 432 g/mol. The number of nitrogens with zero attached hydrogens (tertiary/aromatic N) is 4. The molecule has 0 radical (unpaired) electrons. The maximum atomic E-state index is 12.8. The van der Waals surface area contributed by atoms with E-state index in [1.165, 1.54) is 35.3 Å². The van der Waals surface area contributed by atoms with Gasteiger partial charge in [-0.2, -0.15) is 4.31 Å². The minimum atomic E-state index is -3.63.